The maximum Gasteiger partial charge on any atom is 0.225 e. The minimum atomic E-state index is -0.446. The maximum atomic E-state index is 13.7. The summed E-state index contributed by atoms with van der Waals surface area (Å²) >= 11 is 1.45. The lowest BCUT2D eigenvalue weighted by Crippen LogP contribution is -2.13. The van der Waals surface area contributed by atoms with Gasteiger partial charge in [0.15, 0.2) is 5.16 Å². The number of aromatic nitrogens is 3. The van der Waals surface area contributed by atoms with E-state index in [-0.39, 0.29) is 18.0 Å². The van der Waals surface area contributed by atoms with Crippen LogP contribution in [0.2, 0.25) is 0 Å². The molecule has 0 saturated heterocycles. The molecule has 5 nitrogen and oxygen atoms in total. The predicted octanol–water partition coefficient (Wildman–Crippen LogP) is 5.12. The molecule has 3 aromatic carbocycles. The molecule has 7 heteroatoms. The Balaban J connectivity index is 1.46. The Morgan fingerprint density at radius 1 is 0.903 bits per heavy atom. The maximum absolute atomic E-state index is 13.7. The van der Waals surface area contributed by atoms with Crippen molar-refractivity contribution in [3.8, 4) is 5.69 Å². The molecule has 1 aromatic heterocycles. The van der Waals surface area contributed by atoms with Crippen molar-refractivity contribution < 1.29 is 9.18 Å². The van der Waals surface area contributed by atoms with Crippen LogP contribution in [0.15, 0.2) is 90.1 Å². The molecule has 0 aliphatic rings. The van der Waals surface area contributed by atoms with E-state index >= 15 is 0 Å². The molecule has 0 spiro atoms. The number of nitrogens with one attached hydrogen (secondary N) is 1. The fourth-order valence-electron chi connectivity index (χ4n) is 3.13. The van der Waals surface area contributed by atoms with Gasteiger partial charge in [0, 0.05) is 24.3 Å². The summed E-state index contributed by atoms with van der Waals surface area (Å²) in [4.78, 5) is 12.2. The largest absolute Gasteiger partial charge is 0.324 e. The molecule has 4 rings (SSSR count). The summed E-state index contributed by atoms with van der Waals surface area (Å²) < 4.78 is 15.7. The van der Waals surface area contributed by atoms with Crippen LogP contribution in [-0.2, 0) is 11.2 Å². The van der Waals surface area contributed by atoms with Gasteiger partial charge in [-0.15, -0.1) is 10.2 Å². The average Bonchev–Trinajstić information content (AvgIpc) is 3.19. The van der Waals surface area contributed by atoms with Crippen LogP contribution in [0.25, 0.3) is 5.69 Å². The molecule has 0 aliphatic heterocycles. The van der Waals surface area contributed by atoms with Crippen LogP contribution in [0.5, 0.6) is 0 Å². The number of hydrogen-bond acceptors (Lipinski definition) is 4. The zero-order valence-electron chi connectivity index (χ0n) is 16.7. The fraction of sp³-hybridized carbons (Fsp3) is 0.125. The quantitative estimate of drug-likeness (QED) is 0.393. The van der Waals surface area contributed by atoms with Crippen molar-refractivity contribution >= 4 is 23.4 Å². The van der Waals surface area contributed by atoms with Crippen LogP contribution in [0.3, 0.4) is 0 Å². The first-order chi connectivity index (χ1) is 15.2. The van der Waals surface area contributed by atoms with Crippen LogP contribution in [0.4, 0.5) is 10.1 Å². The highest BCUT2D eigenvalue weighted by Crippen LogP contribution is 2.24. The number of para-hydroxylation sites is 2. The number of carbonyl (C=O) groups is 1. The van der Waals surface area contributed by atoms with Crippen molar-refractivity contribution in [2.75, 3.05) is 11.1 Å². The first-order valence-corrected chi connectivity index (χ1v) is 10.9. The average molecular weight is 433 g/mol. The van der Waals surface area contributed by atoms with E-state index in [1.165, 1.54) is 17.8 Å². The van der Waals surface area contributed by atoms with Crippen molar-refractivity contribution in [3.05, 3.63) is 102 Å². The van der Waals surface area contributed by atoms with Crippen molar-refractivity contribution in [1.29, 1.82) is 0 Å². The Labute approximate surface area is 184 Å². The Kier molecular flexibility index (Phi) is 6.74. The molecule has 1 heterocycles. The van der Waals surface area contributed by atoms with Crippen molar-refractivity contribution in [2.24, 2.45) is 0 Å². The van der Waals surface area contributed by atoms with E-state index in [0.717, 1.165) is 22.2 Å². The van der Waals surface area contributed by atoms with Gasteiger partial charge in [-0.1, -0.05) is 72.4 Å². The predicted molar refractivity (Wildman–Crippen MR) is 121 cm³/mol. The Bertz CT molecular complexity index is 1150. The van der Waals surface area contributed by atoms with Crippen LogP contribution < -0.4 is 5.32 Å². The van der Waals surface area contributed by atoms with Gasteiger partial charge in [-0.2, -0.15) is 0 Å². The van der Waals surface area contributed by atoms with Crippen molar-refractivity contribution in [3.63, 3.8) is 0 Å². The Morgan fingerprint density at radius 3 is 2.32 bits per heavy atom. The highest BCUT2D eigenvalue weighted by molar-refractivity contribution is 7.99. The van der Waals surface area contributed by atoms with Gasteiger partial charge < -0.3 is 5.32 Å². The normalized spacial score (nSPS) is 10.7. The highest BCUT2D eigenvalue weighted by Gasteiger charge is 2.15. The molecule has 0 bridgehead atoms. The van der Waals surface area contributed by atoms with Crippen molar-refractivity contribution in [2.45, 2.75) is 18.0 Å². The monoisotopic (exact) mass is 432 g/mol. The molecular weight excluding hydrogens is 411 g/mol. The van der Waals surface area contributed by atoms with Gasteiger partial charge in [0.2, 0.25) is 5.91 Å². The molecule has 4 aromatic rings. The van der Waals surface area contributed by atoms with Gasteiger partial charge in [-0.25, -0.2) is 4.39 Å². The topological polar surface area (TPSA) is 59.8 Å². The minimum Gasteiger partial charge on any atom is -0.324 e. The number of hydrogen-bond donors (Lipinski definition) is 1. The summed E-state index contributed by atoms with van der Waals surface area (Å²) in [5.41, 5.74) is 2.31. The molecule has 0 fully saturated rings. The molecule has 31 heavy (non-hydrogen) atoms. The standard InChI is InChI=1S/C24H21FN4OS/c25-20-13-7-8-14-21(20)26-23(30)15-16-31-24-28-27-22(17-18-9-3-1-4-10-18)29(24)19-11-5-2-6-12-19/h1-14H,15-17H2,(H,26,30). The van der Waals surface area contributed by atoms with E-state index < -0.39 is 5.82 Å². The number of nitrogens with zero attached hydrogens (tertiary/aromatic N) is 3. The third-order valence-electron chi connectivity index (χ3n) is 4.63. The molecule has 156 valence electrons. The van der Waals surface area contributed by atoms with Gasteiger partial charge in [0.25, 0.3) is 0 Å². The molecule has 1 N–H and O–H groups in total. The third kappa shape index (κ3) is 5.38. The Hall–Kier alpha value is -3.45. The van der Waals surface area contributed by atoms with Gasteiger partial charge in [0.1, 0.15) is 11.6 Å². The number of thioether (sulfide) groups is 1. The van der Waals surface area contributed by atoms with Crippen molar-refractivity contribution in [1.82, 2.24) is 14.8 Å². The second-order valence-corrected chi connectivity index (χ2v) is 7.92. The van der Waals surface area contributed by atoms with Gasteiger partial charge >= 0.3 is 0 Å². The second kappa shape index (κ2) is 10.0. The number of halogens is 1. The number of rotatable bonds is 8. The Morgan fingerprint density at radius 2 is 1.58 bits per heavy atom. The molecule has 0 unspecified atom stereocenters. The first-order valence-electron chi connectivity index (χ1n) is 9.91. The van der Waals surface area contributed by atoms with E-state index in [2.05, 4.69) is 27.6 Å². The SMILES string of the molecule is O=C(CCSc1nnc(Cc2ccccc2)n1-c1ccccc1)Nc1ccccc1F. The number of benzene rings is 3. The first kappa shape index (κ1) is 20.8. The summed E-state index contributed by atoms with van der Waals surface area (Å²) in [6.45, 7) is 0. The highest BCUT2D eigenvalue weighted by atomic mass is 32.2. The summed E-state index contributed by atoms with van der Waals surface area (Å²) in [5.74, 6) is 0.637. The zero-order valence-corrected chi connectivity index (χ0v) is 17.6. The molecule has 0 atom stereocenters. The molecule has 0 radical (unpaired) electrons. The lowest BCUT2D eigenvalue weighted by Gasteiger charge is -2.10. The molecule has 0 aliphatic carbocycles. The van der Waals surface area contributed by atoms with E-state index in [1.807, 2.05) is 53.1 Å². The second-order valence-electron chi connectivity index (χ2n) is 6.86. The van der Waals surface area contributed by atoms with E-state index in [0.29, 0.717) is 12.2 Å². The van der Waals surface area contributed by atoms with Crippen LogP contribution in [-0.4, -0.2) is 26.4 Å². The van der Waals surface area contributed by atoms with E-state index in [4.69, 9.17) is 0 Å². The summed E-state index contributed by atoms with van der Waals surface area (Å²) in [6.07, 6.45) is 0.881. The lowest BCUT2D eigenvalue weighted by atomic mass is 10.1. The fourth-order valence-corrected chi connectivity index (χ4v) is 4.04. The van der Waals surface area contributed by atoms with E-state index in [1.54, 1.807) is 18.2 Å². The summed E-state index contributed by atoms with van der Waals surface area (Å²) in [5, 5.41) is 12.1. The van der Waals surface area contributed by atoms with E-state index in [9.17, 15) is 9.18 Å². The van der Waals surface area contributed by atoms with Crippen LogP contribution >= 0.6 is 11.8 Å². The number of anilines is 1. The minimum absolute atomic E-state index is 0.190. The molecule has 1 amide bonds. The van der Waals surface area contributed by atoms with Gasteiger partial charge in [-0.3, -0.25) is 9.36 Å². The number of carbonyl (C=O) groups excluding carboxylic acids is 1. The molecule has 0 saturated carbocycles. The lowest BCUT2D eigenvalue weighted by molar-refractivity contribution is -0.115. The summed E-state index contributed by atoms with van der Waals surface area (Å²) in [6, 6.07) is 26.2. The third-order valence-corrected chi connectivity index (χ3v) is 5.56. The van der Waals surface area contributed by atoms with Crippen LogP contribution in [0.1, 0.15) is 17.8 Å². The molecular formula is C24H21FN4OS. The van der Waals surface area contributed by atoms with Gasteiger partial charge in [0.05, 0.1) is 5.69 Å². The van der Waals surface area contributed by atoms with Crippen LogP contribution in [0, 0.1) is 5.82 Å². The smallest absolute Gasteiger partial charge is 0.225 e. The summed E-state index contributed by atoms with van der Waals surface area (Å²) in [7, 11) is 0. The zero-order chi connectivity index (χ0) is 21.5. The number of amides is 1. The van der Waals surface area contributed by atoms with Gasteiger partial charge in [-0.05, 0) is 29.8 Å².